The van der Waals surface area contributed by atoms with Crippen LogP contribution in [0.25, 0.3) is 0 Å². The molecule has 3 atom stereocenters. The van der Waals surface area contributed by atoms with Crippen LogP contribution in [0.5, 0.6) is 0 Å². The number of amides is 1. The Morgan fingerprint density at radius 3 is 2.46 bits per heavy atom. The number of carboxylic acids is 1. The minimum absolute atomic E-state index is 0.0215. The molecule has 11 nitrogen and oxygen atoms in total. The maximum absolute atomic E-state index is 12.7. The fourth-order valence-corrected chi connectivity index (χ4v) is 4.61. The Morgan fingerprint density at radius 1 is 1.26 bits per heavy atom. The van der Waals surface area contributed by atoms with Gasteiger partial charge in [-0.05, 0) is 43.5 Å². The number of primary amides is 1. The molecule has 1 fully saturated rings. The maximum Gasteiger partial charge on any atom is 0.501 e. The second kappa shape index (κ2) is 9.92. The summed E-state index contributed by atoms with van der Waals surface area (Å²) in [6, 6.07) is 5.26. The largest absolute Gasteiger partial charge is 0.501 e. The molecule has 1 aliphatic rings. The van der Waals surface area contributed by atoms with Gasteiger partial charge < -0.3 is 21.5 Å². The lowest BCUT2D eigenvalue weighted by Crippen LogP contribution is -2.40. The highest BCUT2D eigenvalue weighted by Crippen LogP contribution is 2.35. The number of sulfone groups is 1. The van der Waals surface area contributed by atoms with Crippen LogP contribution in [-0.2, 0) is 14.6 Å². The third-order valence-corrected chi connectivity index (χ3v) is 7.09. The van der Waals surface area contributed by atoms with Gasteiger partial charge in [0.25, 0.3) is 15.7 Å². The lowest BCUT2D eigenvalue weighted by molar-refractivity contribution is -0.136. The van der Waals surface area contributed by atoms with Crippen LogP contribution >= 0.6 is 0 Å². The van der Waals surface area contributed by atoms with Crippen molar-refractivity contribution in [3.05, 3.63) is 36.0 Å². The first-order valence-electron chi connectivity index (χ1n) is 10.3. The molecule has 0 saturated heterocycles. The highest BCUT2D eigenvalue weighted by atomic mass is 32.2. The van der Waals surface area contributed by atoms with Gasteiger partial charge in [-0.15, -0.1) is 0 Å². The molecule has 35 heavy (non-hydrogen) atoms. The molecule has 1 heterocycles. The van der Waals surface area contributed by atoms with Gasteiger partial charge in [0.05, 0.1) is 29.5 Å². The first-order chi connectivity index (χ1) is 16.3. The average Bonchev–Trinajstić information content (AvgIpc) is 3.21. The molecular weight excluding hydrogens is 493 g/mol. The van der Waals surface area contributed by atoms with Gasteiger partial charge in [0.2, 0.25) is 0 Å². The molecule has 1 aromatic carbocycles. The van der Waals surface area contributed by atoms with Gasteiger partial charge in [-0.3, -0.25) is 14.3 Å². The van der Waals surface area contributed by atoms with Crippen LogP contribution in [0.2, 0.25) is 0 Å². The van der Waals surface area contributed by atoms with E-state index in [0.717, 1.165) is 24.3 Å². The van der Waals surface area contributed by atoms with Crippen LogP contribution in [-0.4, -0.2) is 53.3 Å². The number of rotatable bonds is 8. The number of carbonyl (C=O) groups is 2. The van der Waals surface area contributed by atoms with Crippen molar-refractivity contribution in [3.63, 3.8) is 0 Å². The number of carboxylic acid groups (broad SMARTS) is 1. The summed E-state index contributed by atoms with van der Waals surface area (Å²) in [7, 11) is -5.51. The molecule has 15 heteroatoms. The Bertz CT molecular complexity index is 1250. The van der Waals surface area contributed by atoms with Crippen molar-refractivity contribution in [1.82, 2.24) is 15.1 Å². The second-order valence-electron chi connectivity index (χ2n) is 7.92. The molecule has 1 amide bonds. The van der Waals surface area contributed by atoms with Gasteiger partial charge in [0, 0.05) is 17.9 Å². The Labute approximate surface area is 197 Å². The predicted octanol–water partition coefficient (Wildman–Crippen LogP) is 1.93. The number of hydrogen-bond donors (Lipinski definition) is 4. The molecular formula is C20H21F3N6O5S. The van der Waals surface area contributed by atoms with Crippen LogP contribution in [0.1, 0.15) is 35.7 Å². The third kappa shape index (κ3) is 5.72. The number of nitrogens with two attached hydrogens (primary N) is 1. The summed E-state index contributed by atoms with van der Waals surface area (Å²) in [6.45, 7) is -0.238. The monoisotopic (exact) mass is 514 g/mol. The summed E-state index contributed by atoms with van der Waals surface area (Å²) in [5, 5.41) is 28.3. The lowest BCUT2D eigenvalue weighted by Gasteiger charge is -2.32. The summed E-state index contributed by atoms with van der Waals surface area (Å²) < 4.78 is 62.6. The van der Waals surface area contributed by atoms with Crippen LogP contribution in [0.15, 0.2) is 35.4 Å². The lowest BCUT2D eigenvalue weighted by atomic mass is 9.82. The normalized spacial score (nSPS) is 20.7. The second-order valence-corrected chi connectivity index (χ2v) is 9.86. The zero-order valence-corrected chi connectivity index (χ0v) is 18.8. The number of nitriles is 1. The van der Waals surface area contributed by atoms with Gasteiger partial charge in [-0.1, -0.05) is 0 Å². The van der Waals surface area contributed by atoms with Gasteiger partial charge in [0.1, 0.15) is 5.56 Å². The molecule has 1 saturated carbocycles. The van der Waals surface area contributed by atoms with Crippen molar-refractivity contribution >= 4 is 33.2 Å². The van der Waals surface area contributed by atoms with Crippen LogP contribution < -0.4 is 16.4 Å². The van der Waals surface area contributed by atoms with Crippen molar-refractivity contribution in [2.45, 2.75) is 41.7 Å². The first-order valence-corrected chi connectivity index (χ1v) is 11.7. The molecule has 1 aliphatic carbocycles. The summed E-state index contributed by atoms with van der Waals surface area (Å²) in [5.74, 6) is -2.43. The molecule has 0 bridgehead atoms. The molecule has 0 aliphatic heterocycles. The Morgan fingerprint density at radius 2 is 1.91 bits per heavy atom. The van der Waals surface area contributed by atoms with E-state index in [9.17, 15) is 36.4 Å². The van der Waals surface area contributed by atoms with E-state index in [1.165, 1.54) is 10.9 Å². The zero-order chi connectivity index (χ0) is 26.0. The minimum atomic E-state index is -5.51. The highest BCUT2D eigenvalue weighted by molar-refractivity contribution is 7.92. The maximum atomic E-state index is 12.7. The summed E-state index contributed by atoms with van der Waals surface area (Å²) in [5.41, 5.74) is 0.0933. The van der Waals surface area contributed by atoms with E-state index in [2.05, 4.69) is 21.8 Å². The Kier molecular flexibility index (Phi) is 7.36. The number of benzene rings is 1. The zero-order valence-electron chi connectivity index (χ0n) is 18.0. The third-order valence-electron chi connectivity index (χ3n) is 5.59. The topological polar surface area (TPSA) is 180 Å². The van der Waals surface area contributed by atoms with E-state index in [1.54, 1.807) is 0 Å². The molecule has 1 aromatic heterocycles. The molecule has 0 radical (unpaired) electrons. The summed E-state index contributed by atoms with van der Waals surface area (Å²) in [6.07, 6.45) is 2.73. The van der Waals surface area contributed by atoms with Gasteiger partial charge >= 0.3 is 11.5 Å². The standard InChI is InChI=1S/C20H21F3N6O5S/c21-20(22,23)35(33,34)14-4-1-12(2-5-14)27-19-15(18(25)32)10-29(28-19)16-6-3-13(7-11(16)8-24)26-9-17(30)31/h1-2,4-5,10-11,13,16,26H,3,6-7,9H2,(H2,25,32)(H,27,28)(H,30,31). The van der Waals surface area contributed by atoms with Crippen LogP contribution in [0.3, 0.4) is 0 Å². The number of aliphatic carboxylic acids is 1. The van der Waals surface area contributed by atoms with Gasteiger partial charge in [-0.25, -0.2) is 8.42 Å². The van der Waals surface area contributed by atoms with E-state index in [1.807, 2.05) is 0 Å². The average molecular weight is 514 g/mol. The fraction of sp³-hybridized carbons (Fsp3) is 0.400. The Hall–Kier alpha value is -3.64. The van der Waals surface area contributed by atoms with E-state index in [0.29, 0.717) is 19.3 Å². The van der Waals surface area contributed by atoms with E-state index in [4.69, 9.17) is 10.8 Å². The number of nitrogens with one attached hydrogen (secondary N) is 2. The number of nitrogens with zero attached hydrogens (tertiary/aromatic N) is 3. The number of carbonyl (C=O) groups excluding carboxylic acids is 1. The molecule has 188 valence electrons. The predicted molar refractivity (Wildman–Crippen MR) is 115 cm³/mol. The number of alkyl halides is 3. The van der Waals surface area contributed by atoms with Crippen molar-refractivity contribution < 1.29 is 36.3 Å². The fourth-order valence-electron chi connectivity index (χ4n) is 3.85. The van der Waals surface area contributed by atoms with Crippen LogP contribution in [0, 0.1) is 17.2 Å². The molecule has 3 rings (SSSR count). The molecule has 5 N–H and O–H groups in total. The molecule has 0 spiro atoms. The number of aromatic nitrogens is 2. The van der Waals surface area contributed by atoms with Crippen molar-refractivity contribution in [3.8, 4) is 6.07 Å². The number of anilines is 2. The molecule has 3 unspecified atom stereocenters. The minimum Gasteiger partial charge on any atom is -0.480 e. The Balaban J connectivity index is 1.81. The van der Waals surface area contributed by atoms with Crippen molar-refractivity contribution in [2.24, 2.45) is 11.7 Å². The SMILES string of the molecule is N#CC1CC(NCC(=O)O)CCC1n1cc(C(N)=O)c(Nc2ccc(S(=O)(=O)C(F)(F)F)cc2)n1. The van der Waals surface area contributed by atoms with E-state index in [-0.39, 0.29) is 29.7 Å². The smallest absolute Gasteiger partial charge is 0.480 e. The summed E-state index contributed by atoms with van der Waals surface area (Å²) in [4.78, 5) is 21.8. The van der Waals surface area contributed by atoms with E-state index < -0.39 is 44.1 Å². The van der Waals surface area contributed by atoms with Crippen molar-refractivity contribution in [1.29, 1.82) is 5.26 Å². The quantitative estimate of drug-likeness (QED) is 0.409. The van der Waals surface area contributed by atoms with Gasteiger partial charge in [0.15, 0.2) is 5.82 Å². The van der Waals surface area contributed by atoms with E-state index >= 15 is 0 Å². The van der Waals surface area contributed by atoms with Crippen LogP contribution in [0.4, 0.5) is 24.7 Å². The number of hydrogen-bond acceptors (Lipinski definition) is 8. The highest BCUT2D eigenvalue weighted by Gasteiger charge is 2.46. The first kappa shape index (κ1) is 26.0. The molecule has 2 aromatic rings. The summed E-state index contributed by atoms with van der Waals surface area (Å²) >= 11 is 0. The number of halogens is 3. The van der Waals surface area contributed by atoms with Crippen molar-refractivity contribution in [2.75, 3.05) is 11.9 Å². The van der Waals surface area contributed by atoms with Gasteiger partial charge in [-0.2, -0.15) is 23.5 Å².